The van der Waals surface area contributed by atoms with Gasteiger partial charge in [0.1, 0.15) is 22.9 Å². The second-order valence-corrected chi connectivity index (χ2v) is 10.9. The first-order valence-corrected chi connectivity index (χ1v) is 13.7. The number of para-hydroxylation sites is 1. The van der Waals surface area contributed by atoms with E-state index in [4.69, 9.17) is 10.7 Å². The van der Waals surface area contributed by atoms with Crippen LogP contribution >= 0.6 is 0 Å². The zero-order valence-electron chi connectivity index (χ0n) is 21.3. The lowest BCUT2D eigenvalue weighted by molar-refractivity contribution is -0.122. The molecule has 7 nitrogen and oxygen atoms in total. The number of nitrogens with zero attached hydrogens (tertiary/aromatic N) is 3. The van der Waals surface area contributed by atoms with Gasteiger partial charge in [0.2, 0.25) is 5.91 Å². The number of imidazole rings is 1. The van der Waals surface area contributed by atoms with Gasteiger partial charge in [0.15, 0.2) is 0 Å². The number of anilines is 1. The van der Waals surface area contributed by atoms with Gasteiger partial charge in [-0.3, -0.25) is 9.20 Å². The number of aromatic amines is 1. The summed E-state index contributed by atoms with van der Waals surface area (Å²) < 4.78 is 2.13. The van der Waals surface area contributed by atoms with E-state index < -0.39 is 0 Å². The molecule has 0 radical (unpaired) electrons. The number of nitrogens with one attached hydrogen (secondary N) is 2. The number of amides is 1. The van der Waals surface area contributed by atoms with Gasteiger partial charge in [-0.25, -0.2) is 9.97 Å². The van der Waals surface area contributed by atoms with Gasteiger partial charge < -0.3 is 16.0 Å². The number of hydrogen-bond donors (Lipinski definition) is 3. The Bertz CT molecular complexity index is 1580. The third-order valence-electron chi connectivity index (χ3n) is 8.53. The molecular formula is C31H32N6O. The predicted octanol–water partition coefficient (Wildman–Crippen LogP) is 5.65. The summed E-state index contributed by atoms with van der Waals surface area (Å²) in [5, 5.41) is 4.40. The van der Waals surface area contributed by atoms with E-state index in [1.165, 1.54) is 5.56 Å². The van der Waals surface area contributed by atoms with E-state index in [-0.39, 0.29) is 11.8 Å². The van der Waals surface area contributed by atoms with Gasteiger partial charge in [-0.2, -0.15) is 0 Å². The molecule has 1 amide bonds. The largest absolute Gasteiger partial charge is 0.382 e. The summed E-state index contributed by atoms with van der Waals surface area (Å²) in [4.78, 5) is 25.8. The molecule has 2 aliphatic carbocycles. The third kappa shape index (κ3) is 4.12. The molecule has 38 heavy (non-hydrogen) atoms. The molecule has 5 aromatic rings. The van der Waals surface area contributed by atoms with Crippen LogP contribution in [0, 0.1) is 11.8 Å². The van der Waals surface area contributed by atoms with Crippen molar-refractivity contribution < 1.29 is 4.79 Å². The van der Waals surface area contributed by atoms with Crippen molar-refractivity contribution in [2.75, 3.05) is 12.3 Å². The summed E-state index contributed by atoms with van der Waals surface area (Å²) >= 11 is 0. The monoisotopic (exact) mass is 504 g/mol. The molecule has 2 atom stereocenters. The van der Waals surface area contributed by atoms with E-state index >= 15 is 0 Å². The van der Waals surface area contributed by atoms with E-state index in [0.29, 0.717) is 23.6 Å². The van der Waals surface area contributed by atoms with Gasteiger partial charge in [0.25, 0.3) is 0 Å². The summed E-state index contributed by atoms with van der Waals surface area (Å²) in [6.07, 6.45) is 8.94. The number of H-pyrrole nitrogens is 1. The first kappa shape index (κ1) is 23.0. The summed E-state index contributed by atoms with van der Waals surface area (Å²) in [6, 6.07) is 20.8. The smallest absolute Gasteiger partial charge is 0.223 e. The van der Waals surface area contributed by atoms with Crippen LogP contribution in [0.3, 0.4) is 0 Å². The van der Waals surface area contributed by atoms with E-state index in [9.17, 15) is 4.79 Å². The lowest BCUT2D eigenvalue weighted by Gasteiger charge is -2.28. The summed E-state index contributed by atoms with van der Waals surface area (Å²) in [7, 11) is 0. The molecule has 7 heteroatoms. The number of nitrogens with two attached hydrogens (primary N) is 1. The van der Waals surface area contributed by atoms with Crippen molar-refractivity contribution in [1.29, 1.82) is 0 Å². The van der Waals surface area contributed by atoms with Crippen molar-refractivity contribution in [1.82, 2.24) is 24.7 Å². The number of carbonyl (C=O) groups excluding carboxylic acids is 1. The maximum Gasteiger partial charge on any atom is 0.223 e. The number of aromatic nitrogens is 4. The van der Waals surface area contributed by atoms with Crippen molar-refractivity contribution in [3.8, 4) is 11.4 Å². The zero-order valence-corrected chi connectivity index (χ0v) is 21.3. The minimum Gasteiger partial charge on any atom is -0.382 e. The Balaban J connectivity index is 1.03. The Kier molecular flexibility index (Phi) is 5.64. The topological polar surface area (TPSA) is 101 Å². The Morgan fingerprint density at radius 2 is 1.84 bits per heavy atom. The second-order valence-electron chi connectivity index (χ2n) is 10.9. The molecule has 2 saturated carbocycles. The van der Waals surface area contributed by atoms with Gasteiger partial charge in [0, 0.05) is 41.7 Å². The Morgan fingerprint density at radius 3 is 2.66 bits per heavy atom. The van der Waals surface area contributed by atoms with Crippen LogP contribution in [0.5, 0.6) is 0 Å². The van der Waals surface area contributed by atoms with Gasteiger partial charge in [-0.1, -0.05) is 48.5 Å². The SMILES string of the molecule is Nc1nccn2c(C3CCC(CNC(=O)C4CC4c4ccccc4)CC3)nc(-c3cc4ccccc4[nH]3)c12. The van der Waals surface area contributed by atoms with Crippen LogP contribution in [0.2, 0.25) is 0 Å². The molecule has 0 aliphatic heterocycles. The maximum absolute atomic E-state index is 12.8. The minimum atomic E-state index is 0.132. The lowest BCUT2D eigenvalue weighted by atomic mass is 9.81. The fourth-order valence-corrected chi connectivity index (χ4v) is 6.32. The van der Waals surface area contributed by atoms with Crippen LogP contribution in [0.4, 0.5) is 5.82 Å². The molecule has 3 heterocycles. The highest BCUT2D eigenvalue weighted by molar-refractivity contribution is 5.91. The highest BCUT2D eigenvalue weighted by atomic mass is 16.2. The highest BCUT2D eigenvalue weighted by Gasteiger charge is 2.43. The van der Waals surface area contributed by atoms with Crippen molar-refractivity contribution in [2.24, 2.45) is 11.8 Å². The number of fused-ring (bicyclic) bond motifs is 2. The van der Waals surface area contributed by atoms with Crippen molar-refractivity contribution in [3.05, 3.63) is 84.4 Å². The fourth-order valence-electron chi connectivity index (χ4n) is 6.32. The molecule has 2 aromatic carbocycles. The van der Waals surface area contributed by atoms with Gasteiger partial charge in [-0.05, 0) is 61.6 Å². The van der Waals surface area contributed by atoms with Crippen LogP contribution in [-0.4, -0.2) is 31.8 Å². The minimum absolute atomic E-state index is 0.132. The molecular weight excluding hydrogens is 472 g/mol. The average molecular weight is 505 g/mol. The van der Waals surface area contributed by atoms with Gasteiger partial charge >= 0.3 is 0 Å². The van der Waals surface area contributed by atoms with E-state index in [1.54, 1.807) is 6.20 Å². The standard InChI is InChI=1S/C31H32N6O/c32-29-28-27(26-16-22-8-4-5-9-25(22)35-26)36-30(37(28)15-14-33-29)21-12-10-19(11-13-21)18-34-31(38)24-17-23(24)20-6-2-1-3-7-20/h1-9,14-16,19,21,23-24,35H,10-13,17-18H2,(H2,32,33)(H,34,38). The van der Waals surface area contributed by atoms with Crippen LogP contribution in [0.25, 0.3) is 27.8 Å². The summed E-state index contributed by atoms with van der Waals surface area (Å²) in [6.45, 7) is 0.767. The summed E-state index contributed by atoms with van der Waals surface area (Å²) in [5.41, 5.74) is 11.4. The molecule has 0 bridgehead atoms. The normalized spacial score (nSPS) is 23.1. The van der Waals surface area contributed by atoms with Crippen LogP contribution < -0.4 is 11.1 Å². The number of benzene rings is 2. The molecule has 7 rings (SSSR count). The third-order valence-corrected chi connectivity index (χ3v) is 8.53. The van der Waals surface area contributed by atoms with Crippen molar-refractivity contribution in [2.45, 2.75) is 43.9 Å². The van der Waals surface area contributed by atoms with Crippen molar-refractivity contribution >= 4 is 28.1 Å². The molecule has 2 aliphatic rings. The van der Waals surface area contributed by atoms with Gasteiger partial charge in [0.05, 0.1) is 5.69 Å². The zero-order chi connectivity index (χ0) is 25.6. The maximum atomic E-state index is 12.8. The van der Waals surface area contributed by atoms with E-state index in [1.807, 2.05) is 24.4 Å². The van der Waals surface area contributed by atoms with Crippen LogP contribution in [-0.2, 0) is 4.79 Å². The number of nitrogen functional groups attached to an aromatic ring is 1. The molecule has 3 aromatic heterocycles. The first-order chi connectivity index (χ1) is 18.7. The number of carbonyl (C=O) groups is 1. The average Bonchev–Trinajstić information content (AvgIpc) is 3.49. The van der Waals surface area contributed by atoms with Crippen molar-refractivity contribution in [3.63, 3.8) is 0 Å². The molecule has 192 valence electrons. The molecule has 0 saturated heterocycles. The van der Waals surface area contributed by atoms with Crippen LogP contribution in [0.1, 0.15) is 55.3 Å². The lowest BCUT2D eigenvalue weighted by Crippen LogP contribution is -2.32. The Hall–Kier alpha value is -4.13. The predicted molar refractivity (Wildman–Crippen MR) is 150 cm³/mol. The molecule has 4 N–H and O–H groups in total. The molecule has 2 unspecified atom stereocenters. The first-order valence-electron chi connectivity index (χ1n) is 13.7. The van der Waals surface area contributed by atoms with Gasteiger partial charge in [-0.15, -0.1) is 0 Å². The van der Waals surface area contributed by atoms with E-state index in [2.05, 4.69) is 62.2 Å². The molecule has 2 fully saturated rings. The van der Waals surface area contributed by atoms with Crippen LogP contribution in [0.15, 0.2) is 73.1 Å². The number of rotatable bonds is 6. The molecule has 0 spiro atoms. The second kappa shape index (κ2) is 9.31. The Labute approximate surface area is 221 Å². The quantitative estimate of drug-likeness (QED) is 0.278. The Morgan fingerprint density at radius 1 is 1.05 bits per heavy atom. The van der Waals surface area contributed by atoms with E-state index in [0.717, 1.165) is 72.3 Å². The fraction of sp³-hybridized carbons (Fsp3) is 0.323. The summed E-state index contributed by atoms with van der Waals surface area (Å²) in [5.74, 6) is 3.13. The highest BCUT2D eigenvalue weighted by Crippen LogP contribution is 2.47. The number of hydrogen-bond acceptors (Lipinski definition) is 4.